The van der Waals surface area contributed by atoms with E-state index >= 15 is 0 Å². The van der Waals surface area contributed by atoms with Crippen LogP contribution in [0.2, 0.25) is 0 Å². The number of Topliss-reactive ketones (excluding diaryl/α,β-unsaturated/α-hetero) is 1. The lowest BCUT2D eigenvalue weighted by atomic mass is 9.84. The lowest BCUT2D eigenvalue weighted by Gasteiger charge is -2.20. The van der Waals surface area contributed by atoms with Crippen molar-refractivity contribution in [3.05, 3.63) is 0 Å². The summed E-state index contributed by atoms with van der Waals surface area (Å²) in [6.07, 6.45) is 6.09. The average molecular weight is 342 g/mol. The number of carbonyl (C=O) groups excluding carboxylic acids is 1. The van der Waals surface area contributed by atoms with E-state index in [9.17, 15) is 14.4 Å². The fraction of sp³-hybridized carbons (Fsp3) is 0.842. The van der Waals surface area contributed by atoms with Crippen LogP contribution in [0.4, 0.5) is 0 Å². The molecule has 0 spiro atoms. The Balaban J connectivity index is 4.14. The van der Waals surface area contributed by atoms with Gasteiger partial charge in [-0.3, -0.25) is 14.4 Å². The highest BCUT2D eigenvalue weighted by atomic mass is 16.4. The van der Waals surface area contributed by atoms with Gasteiger partial charge in [-0.05, 0) is 60.3 Å². The van der Waals surface area contributed by atoms with E-state index in [-0.39, 0.29) is 11.7 Å². The van der Waals surface area contributed by atoms with Crippen LogP contribution >= 0.6 is 0 Å². The number of rotatable bonds is 13. The standard InChI is InChI=1S/C19H34O5/c1-14(20)15(10-6-8-12-18(2,3)16(21)22)11-7-9-13-19(4,5)17(23)24/h15H,6-13H2,1-5H3,(H,21,22)(H,23,24). The smallest absolute Gasteiger partial charge is 0.309 e. The van der Waals surface area contributed by atoms with Gasteiger partial charge in [-0.15, -0.1) is 0 Å². The largest absolute Gasteiger partial charge is 0.481 e. The van der Waals surface area contributed by atoms with Crippen LogP contribution in [0, 0.1) is 16.7 Å². The van der Waals surface area contributed by atoms with Crippen molar-refractivity contribution in [3.8, 4) is 0 Å². The van der Waals surface area contributed by atoms with Crippen molar-refractivity contribution in [2.24, 2.45) is 16.7 Å². The number of aliphatic carboxylic acids is 2. The van der Waals surface area contributed by atoms with E-state index in [4.69, 9.17) is 10.2 Å². The third-order valence-corrected chi connectivity index (χ3v) is 4.94. The Morgan fingerprint density at radius 2 is 1.08 bits per heavy atom. The summed E-state index contributed by atoms with van der Waals surface area (Å²) in [5.41, 5.74) is -1.43. The van der Waals surface area contributed by atoms with Gasteiger partial charge in [0.1, 0.15) is 5.78 Å². The van der Waals surface area contributed by atoms with Gasteiger partial charge in [0.25, 0.3) is 0 Å². The molecule has 0 aromatic carbocycles. The summed E-state index contributed by atoms with van der Waals surface area (Å²) in [4.78, 5) is 33.9. The van der Waals surface area contributed by atoms with Crippen LogP contribution in [0.3, 0.4) is 0 Å². The predicted octanol–water partition coefficient (Wildman–Crippen LogP) is 4.53. The van der Waals surface area contributed by atoms with Gasteiger partial charge in [0, 0.05) is 5.92 Å². The summed E-state index contributed by atoms with van der Waals surface area (Å²) in [6, 6.07) is 0. The number of hydrogen-bond acceptors (Lipinski definition) is 3. The van der Waals surface area contributed by atoms with E-state index in [1.807, 2.05) is 0 Å². The quantitative estimate of drug-likeness (QED) is 0.480. The van der Waals surface area contributed by atoms with Crippen molar-refractivity contribution in [2.45, 2.75) is 86.0 Å². The molecule has 0 rings (SSSR count). The summed E-state index contributed by atoms with van der Waals surface area (Å²) in [5.74, 6) is -1.39. The van der Waals surface area contributed by atoms with Crippen molar-refractivity contribution in [2.75, 3.05) is 0 Å². The van der Waals surface area contributed by atoms with Gasteiger partial charge in [0.05, 0.1) is 10.8 Å². The van der Waals surface area contributed by atoms with Crippen LogP contribution in [-0.4, -0.2) is 27.9 Å². The van der Waals surface area contributed by atoms with Gasteiger partial charge in [0.15, 0.2) is 0 Å². The summed E-state index contributed by atoms with van der Waals surface area (Å²) in [7, 11) is 0. The molecule has 0 aromatic rings. The van der Waals surface area contributed by atoms with E-state index < -0.39 is 22.8 Å². The molecule has 0 fully saturated rings. The Labute approximate surface area is 145 Å². The number of unbranched alkanes of at least 4 members (excludes halogenated alkanes) is 2. The molecule has 0 bridgehead atoms. The van der Waals surface area contributed by atoms with Gasteiger partial charge in [-0.1, -0.05) is 25.7 Å². The molecule has 0 radical (unpaired) electrons. The van der Waals surface area contributed by atoms with Crippen LogP contribution in [0.5, 0.6) is 0 Å². The minimum Gasteiger partial charge on any atom is -0.481 e. The Morgan fingerprint density at radius 1 is 0.750 bits per heavy atom. The highest BCUT2D eigenvalue weighted by molar-refractivity contribution is 5.78. The maximum absolute atomic E-state index is 11.8. The monoisotopic (exact) mass is 342 g/mol. The van der Waals surface area contributed by atoms with Crippen LogP contribution in [0.1, 0.15) is 86.0 Å². The van der Waals surface area contributed by atoms with Crippen molar-refractivity contribution < 1.29 is 24.6 Å². The SMILES string of the molecule is CC(=O)C(CCCCC(C)(C)C(=O)O)CCCCC(C)(C)C(=O)O. The van der Waals surface area contributed by atoms with Gasteiger partial charge in [-0.25, -0.2) is 0 Å². The lowest BCUT2D eigenvalue weighted by Crippen LogP contribution is -2.23. The number of carboxylic acids is 2. The van der Waals surface area contributed by atoms with Crippen LogP contribution in [0.15, 0.2) is 0 Å². The van der Waals surface area contributed by atoms with E-state index in [0.29, 0.717) is 12.8 Å². The topological polar surface area (TPSA) is 91.7 Å². The van der Waals surface area contributed by atoms with Gasteiger partial charge in [0.2, 0.25) is 0 Å². The molecule has 5 nitrogen and oxygen atoms in total. The third-order valence-electron chi connectivity index (χ3n) is 4.94. The molecule has 0 amide bonds. The molecule has 0 heterocycles. The fourth-order valence-electron chi connectivity index (χ4n) is 2.68. The average Bonchev–Trinajstić information content (AvgIpc) is 2.44. The highest BCUT2D eigenvalue weighted by Gasteiger charge is 2.27. The summed E-state index contributed by atoms with van der Waals surface area (Å²) in [6.45, 7) is 8.50. The zero-order chi connectivity index (χ0) is 19.0. The molecule has 0 saturated heterocycles. The first-order chi connectivity index (χ1) is 10.9. The normalized spacial score (nSPS) is 12.4. The zero-order valence-electron chi connectivity index (χ0n) is 15.9. The first-order valence-electron chi connectivity index (χ1n) is 8.87. The number of ketones is 1. The van der Waals surface area contributed by atoms with Crippen molar-refractivity contribution >= 4 is 17.7 Å². The van der Waals surface area contributed by atoms with Crippen molar-refractivity contribution in [3.63, 3.8) is 0 Å². The molecule has 0 saturated carbocycles. The first kappa shape index (κ1) is 22.6. The van der Waals surface area contributed by atoms with E-state index in [2.05, 4.69) is 0 Å². The molecule has 0 unspecified atom stereocenters. The van der Waals surface area contributed by atoms with Gasteiger partial charge >= 0.3 is 11.9 Å². The Morgan fingerprint density at radius 3 is 1.33 bits per heavy atom. The highest BCUT2D eigenvalue weighted by Crippen LogP contribution is 2.27. The molecule has 0 aromatic heterocycles. The van der Waals surface area contributed by atoms with E-state index in [1.54, 1.807) is 34.6 Å². The first-order valence-corrected chi connectivity index (χ1v) is 8.87. The minimum absolute atomic E-state index is 0.00545. The van der Waals surface area contributed by atoms with Gasteiger partial charge < -0.3 is 10.2 Å². The molecule has 5 heteroatoms. The van der Waals surface area contributed by atoms with E-state index in [1.165, 1.54) is 0 Å². The van der Waals surface area contributed by atoms with Crippen LogP contribution < -0.4 is 0 Å². The van der Waals surface area contributed by atoms with E-state index in [0.717, 1.165) is 38.5 Å². The maximum Gasteiger partial charge on any atom is 0.309 e. The molecular weight excluding hydrogens is 308 g/mol. The number of hydrogen-bond donors (Lipinski definition) is 2. The predicted molar refractivity (Wildman–Crippen MR) is 93.9 cm³/mol. The molecule has 2 N–H and O–H groups in total. The molecule has 0 aliphatic carbocycles. The lowest BCUT2D eigenvalue weighted by molar-refractivity contribution is -0.148. The minimum atomic E-state index is -0.785. The van der Waals surface area contributed by atoms with Crippen LogP contribution in [-0.2, 0) is 14.4 Å². The summed E-state index contributed by atoms with van der Waals surface area (Å²) >= 11 is 0. The Kier molecular flexibility index (Phi) is 9.23. The molecule has 0 aliphatic heterocycles. The van der Waals surface area contributed by atoms with Crippen molar-refractivity contribution in [1.82, 2.24) is 0 Å². The zero-order valence-corrected chi connectivity index (χ0v) is 15.9. The molecule has 24 heavy (non-hydrogen) atoms. The molecule has 140 valence electrons. The number of carbonyl (C=O) groups is 3. The fourth-order valence-corrected chi connectivity index (χ4v) is 2.68. The molecule has 0 atom stereocenters. The third kappa shape index (κ3) is 8.46. The Hall–Kier alpha value is -1.39. The summed E-state index contributed by atoms with van der Waals surface area (Å²) in [5, 5.41) is 18.2. The second-order valence-corrected chi connectivity index (χ2v) is 8.18. The molecular formula is C19H34O5. The Bertz CT molecular complexity index is 403. The maximum atomic E-state index is 11.8. The van der Waals surface area contributed by atoms with Crippen LogP contribution in [0.25, 0.3) is 0 Å². The second kappa shape index (κ2) is 9.80. The number of carboxylic acid groups (broad SMARTS) is 2. The van der Waals surface area contributed by atoms with Gasteiger partial charge in [-0.2, -0.15) is 0 Å². The van der Waals surface area contributed by atoms with Crippen molar-refractivity contribution in [1.29, 1.82) is 0 Å². The second-order valence-electron chi connectivity index (χ2n) is 8.18. The summed E-state index contributed by atoms with van der Waals surface area (Å²) < 4.78 is 0. The molecule has 0 aliphatic rings.